The molecule has 0 spiro atoms. The SMILES string of the molecule is CCCN(C)c1cc2cc3cc(C=O)sc3cc2s1. The van der Waals surface area contributed by atoms with Crippen LogP contribution in [0.4, 0.5) is 5.00 Å². The summed E-state index contributed by atoms with van der Waals surface area (Å²) in [5.41, 5.74) is 0. The lowest BCUT2D eigenvalue weighted by atomic mass is 10.2. The standard InChI is InChI=1S/C15H15NOS2/c1-3-4-16(2)15-7-11-5-10-6-12(9-17)18-13(10)8-14(11)19-15/h5-9H,3-4H2,1-2H3. The Morgan fingerprint density at radius 3 is 2.58 bits per heavy atom. The van der Waals surface area contributed by atoms with Gasteiger partial charge in [-0.1, -0.05) is 6.92 Å². The van der Waals surface area contributed by atoms with Crippen LogP contribution in [0.5, 0.6) is 0 Å². The lowest BCUT2D eigenvalue weighted by Crippen LogP contribution is -2.15. The Bertz CT molecular complexity index is 690. The van der Waals surface area contributed by atoms with Crippen molar-refractivity contribution in [2.24, 2.45) is 0 Å². The molecule has 0 N–H and O–H groups in total. The van der Waals surface area contributed by atoms with Gasteiger partial charge in [-0.05, 0) is 41.5 Å². The summed E-state index contributed by atoms with van der Waals surface area (Å²) in [6.45, 7) is 3.28. The molecule has 0 unspecified atom stereocenters. The fourth-order valence-corrected chi connectivity index (χ4v) is 4.32. The Hall–Kier alpha value is -1.39. The van der Waals surface area contributed by atoms with E-state index >= 15 is 0 Å². The van der Waals surface area contributed by atoms with Gasteiger partial charge >= 0.3 is 0 Å². The number of nitrogens with zero attached hydrogens (tertiary/aromatic N) is 1. The number of rotatable bonds is 4. The van der Waals surface area contributed by atoms with Crippen LogP contribution in [0.25, 0.3) is 20.2 Å². The molecule has 2 nitrogen and oxygen atoms in total. The van der Waals surface area contributed by atoms with Crippen LogP contribution in [0, 0.1) is 0 Å². The molecule has 2 heterocycles. The zero-order valence-corrected chi connectivity index (χ0v) is 12.6. The Labute approximate surface area is 120 Å². The third kappa shape index (κ3) is 2.26. The Morgan fingerprint density at radius 1 is 1.11 bits per heavy atom. The van der Waals surface area contributed by atoms with Crippen LogP contribution in [-0.4, -0.2) is 19.9 Å². The van der Waals surface area contributed by atoms with Crippen molar-refractivity contribution in [1.29, 1.82) is 0 Å². The summed E-state index contributed by atoms with van der Waals surface area (Å²) in [6.07, 6.45) is 2.09. The first-order chi connectivity index (χ1) is 9.21. The molecule has 3 aromatic rings. The minimum absolute atomic E-state index is 0.802. The Kier molecular flexibility index (Phi) is 3.29. The van der Waals surface area contributed by atoms with Gasteiger partial charge in [0.15, 0.2) is 6.29 Å². The van der Waals surface area contributed by atoms with Gasteiger partial charge in [0, 0.05) is 23.0 Å². The summed E-state index contributed by atoms with van der Waals surface area (Å²) in [6, 6.07) is 8.61. The molecule has 2 aromatic heterocycles. The van der Waals surface area contributed by atoms with Gasteiger partial charge in [0.05, 0.1) is 9.88 Å². The summed E-state index contributed by atoms with van der Waals surface area (Å²) in [5.74, 6) is 0. The Morgan fingerprint density at radius 2 is 1.84 bits per heavy atom. The van der Waals surface area contributed by atoms with E-state index in [2.05, 4.69) is 37.1 Å². The maximum atomic E-state index is 10.8. The number of aldehydes is 1. The summed E-state index contributed by atoms with van der Waals surface area (Å²) >= 11 is 3.39. The third-order valence-corrected chi connectivity index (χ3v) is 5.45. The molecular weight excluding hydrogens is 274 g/mol. The fourth-order valence-electron chi connectivity index (χ4n) is 2.27. The minimum atomic E-state index is 0.802. The van der Waals surface area contributed by atoms with E-state index in [9.17, 15) is 4.79 Å². The monoisotopic (exact) mass is 289 g/mol. The normalized spacial score (nSPS) is 11.3. The van der Waals surface area contributed by atoms with E-state index in [4.69, 9.17) is 0 Å². The maximum Gasteiger partial charge on any atom is 0.160 e. The molecule has 0 radical (unpaired) electrons. The number of hydrogen-bond donors (Lipinski definition) is 0. The highest BCUT2D eigenvalue weighted by atomic mass is 32.1. The highest BCUT2D eigenvalue weighted by molar-refractivity contribution is 7.24. The van der Waals surface area contributed by atoms with E-state index in [-0.39, 0.29) is 0 Å². The van der Waals surface area contributed by atoms with Crippen LogP contribution in [0.3, 0.4) is 0 Å². The van der Waals surface area contributed by atoms with E-state index < -0.39 is 0 Å². The highest BCUT2D eigenvalue weighted by Crippen LogP contribution is 2.37. The first-order valence-electron chi connectivity index (χ1n) is 6.34. The van der Waals surface area contributed by atoms with Crippen molar-refractivity contribution in [3.63, 3.8) is 0 Å². The molecule has 4 heteroatoms. The quantitative estimate of drug-likeness (QED) is 0.644. The number of fused-ring (bicyclic) bond motifs is 2. The van der Waals surface area contributed by atoms with Gasteiger partial charge in [-0.15, -0.1) is 22.7 Å². The zero-order chi connectivity index (χ0) is 13.4. The van der Waals surface area contributed by atoms with Gasteiger partial charge in [0.2, 0.25) is 0 Å². The Balaban J connectivity index is 2.10. The number of thiophene rings is 2. The van der Waals surface area contributed by atoms with Gasteiger partial charge in [0.25, 0.3) is 0 Å². The molecule has 0 amide bonds. The average Bonchev–Trinajstić information content (AvgIpc) is 2.97. The van der Waals surface area contributed by atoms with E-state index in [1.165, 1.54) is 25.2 Å². The minimum Gasteiger partial charge on any atom is -0.366 e. The van der Waals surface area contributed by atoms with Gasteiger partial charge in [-0.3, -0.25) is 4.79 Å². The van der Waals surface area contributed by atoms with Crippen LogP contribution >= 0.6 is 22.7 Å². The molecule has 0 saturated carbocycles. The van der Waals surface area contributed by atoms with Crippen LogP contribution < -0.4 is 4.90 Å². The molecule has 0 fully saturated rings. The molecule has 19 heavy (non-hydrogen) atoms. The third-order valence-electron chi connectivity index (χ3n) is 3.21. The van der Waals surface area contributed by atoms with Gasteiger partial charge in [-0.25, -0.2) is 0 Å². The van der Waals surface area contributed by atoms with Gasteiger partial charge in [0.1, 0.15) is 0 Å². The largest absolute Gasteiger partial charge is 0.366 e. The van der Waals surface area contributed by atoms with Crippen LogP contribution in [0.15, 0.2) is 24.3 Å². The molecule has 0 saturated heterocycles. The van der Waals surface area contributed by atoms with E-state index in [1.807, 2.05) is 17.4 Å². The first kappa shape index (κ1) is 12.6. The van der Waals surface area contributed by atoms with Crippen molar-refractivity contribution in [3.8, 4) is 0 Å². The molecule has 1 aromatic carbocycles. The van der Waals surface area contributed by atoms with E-state index in [0.717, 1.165) is 24.1 Å². The fraction of sp³-hybridized carbons (Fsp3) is 0.267. The highest BCUT2D eigenvalue weighted by Gasteiger charge is 2.09. The number of carbonyl (C=O) groups excluding carboxylic acids is 1. The lowest BCUT2D eigenvalue weighted by molar-refractivity contribution is 0.112. The summed E-state index contributed by atoms with van der Waals surface area (Å²) < 4.78 is 2.49. The summed E-state index contributed by atoms with van der Waals surface area (Å²) in [5, 5.41) is 3.75. The van der Waals surface area contributed by atoms with Crippen LogP contribution in [0.2, 0.25) is 0 Å². The van der Waals surface area contributed by atoms with Crippen molar-refractivity contribution < 1.29 is 4.79 Å². The van der Waals surface area contributed by atoms with Crippen molar-refractivity contribution >= 4 is 54.1 Å². The predicted octanol–water partition coefficient (Wildman–Crippen LogP) is 4.77. The molecule has 0 aliphatic rings. The van der Waals surface area contributed by atoms with Crippen molar-refractivity contribution in [2.75, 3.05) is 18.5 Å². The number of carbonyl (C=O) groups is 1. The maximum absolute atomic E-state index is 10.8. The molecule has 98 valence electrons. The number of anilines is 1. The first-order valence-corrected chi connectivity index (χ1v) is 7.98. The van der Waals surface area contributed by atoms with Crippen molar-refractivity contribution in [3.05, 3.63) is 29.1 Å². The smallest absolute Gasteiger partial charge is 0.160 e. The second-order valence-electron chi connectivity index (χ2n) is 4.70. The second kappa shape index (κ2) is 4.94. The summed E-state index contributed by atoms with van der Waals surface area (Å²) in [7, 11) is 2.14. The molecule has 0 bridgehead atoms. The van der Waals surface area contributed by atoms with Crippen LogP contribution in [-0.2, 0) is 0 Å². The molecule has 0 aliphatic carbocycles. The topological polar surface area (TPSA) is 20.3 Å². The average molecular weight is 289 g/mol. The second-order valence-corrected chi connectivity index (χ2v) is 6.88. The van der Waals surface area contributed by atoms with Gasteiger partial charge in [-0.2, -0.15) is 0 Å². The van der Waals surface area contributed by atoms with Crippen molar-refractivity contribution in [2.45, 2.75) is 13.3 Å². The zero-order valence-electron chi connectivity index (χ0n) is 11.0. The van der Waals surface area contributed by atoms with Gasteiger partial charge < -0.3 is 4.90 Å². The van der Waals surface area contributed by atoms with E-state index in [1.54, 1.807) is 11.3 Å². The van der Waals surface area contributed by atoms with Crippen molar-refractivity contribution in [1.82, 2.24) is 0 Å². The lowest BCUT2D eigenvalue weighted by Gasteiger charge is -2.14. The molecule has 0 aliphatic heterocycles. The predicted molar refractivity (Wildman–Crippen MR) is 86.2 cm³/mol. The number of hydrogen-bond acceptors (Lipinski definition) is 4. The van der Waals surface area contributed by atoms with E-state index in [0.29, 0.717) is 0 Å². The molecular formula is C15H15NOS2. The molecule has 3 rings (SSSR count). The summed E-state index contributed by atoms with van der Waals surface area (Å²) in [4.78, 5) is 13.9. The number of benzene rings is 1. The van der Waals surface area contributed by atoms with Crippen LogP contribution in [0.1, 0.15) is 23.0 Å². The molecule has 0 atom stereocenters.